The van der Waals surface area contributed by atoms with Crippen LogP contribution < -0.4 is 0 Å². The Bertz CT molecular complexity index is 509. The zero-order valence-electron chi connectivity index (χ0n) is 8.85. The maximum absolute atomic E-state index is 13.4. The third-order valence-electron chi connectivity index (χ3n) is 2.16. The molecular formula is C10H10BrFN4. The van der Waals surface area contributed by atoms with Gasteiger partial charge in [-0.05, 0) is 38.5 Å². The van der Waals surface area contributed by atoms with E-state index in [1.807, 2.05) is 13.8 Å². The second kappa shape index (κ2) is 4.29. The first-order valence-corrected chi connectivity index (χ1v) is 5.62. The highest BCUT2D eigenvalue weighted by Gasteiger charge is 2.12. The van der Waals surface area contributed by atoms with Crippen molar-refractivity contribution in [3.63, 3.8) is 0 Å². The summed E-state index contributed by atoms with van der Waals surface area (Å²) in [7, 11) is 0. The number of benzene rings is 1. The number of halogens is 2. The Hall–Kier alpha value is -1.30. The standard InChI is InChI=1S/C10H10BrFN4/c1-6(2)10-13-14-15-16(10)7-3-4-8(11)9(12)5-7/h3-6H,1-2H3. The molecule has 4 nitrogen and oxygen atoms in total. The lowest BCUT2D eigenvalue weighted by atomic mass is 10.2. The predicted molar refractivity (Wildman–Crippen MR) is 60.9 cm³/mol. The Morgan fingerprint density at radius 3 is 2.75 bits per heavy atom. The summed E-state index contributed by atoms with van der Waals surface area (Å²) in [5.41, 5.74) is 0.620. The fourth-order valence-electron chi connectivity index (χ4n) is 1.35. The lowest BCUT2D eigenvalue weighted by molar-refractivity contribution is 0.616. The highest BCUT2D eigenvalue weighted by atomic mass is 79.9. The monoisotopic (exact) mass is 284 g/mol. The minimum absolute atomic E-state index is 0.182. The van der Waals surface area contributed by atoms with Crippen molar-refractivity contribution in [1.82, 2.24) is 20.2 Å². The summed E-state index contributed by atoms with van der Waals surface area (Å²) in [6.07, 6.45) is 0. The Morgan fingerprint density at radius 1 is 1.38 bits per heavy atom. The van der Waals surface area contributed by atoms with Gasteiger partial charge < -0.3 is 0 Å². The molecule has 0 aliphatic carbocycles. The molecule has 0 amide bonds. The van der Waals surface area contributed by atoms with Crippen LogP contribution in [0.25, 0.3) is 5.69 Å². The van der Waals surface area contributed by atoms with Gasteiger partial charge in [0.05, 0.1) is 10.2 Å². The van der Waals surface area contributed by atoms with Gasteiger partial charge in [0.25, 0.3) is 0 Å². The van der Waals surface area contributed by atoms with E-state index in [1.54, 1.807) is 16.8 Å². The van der Waals surface area contributed by atoms with Crippen molar-refractivity contribution in [2.24, 2.45) is 0 Å². The lowest BCUT2D eigenvalue weighted by Gasteiger charge is -2.07. The fraction of sp³-hybridized carbons (Fsp3) is 0.300. The second-order valence-electron chi connectivity index (χ2n) is 3.70. The minimum atomic E-state index is -0.331. The molecule has 1 aromatic carbocycles. The van der Waals surface area contributed by atoms with E-state index in [4.69, 9.17) is 0 Å². The molecule has 2 aromatic rings. The lowest BCUT2D eigenvalue weighted by Crippen LogP contribution is -2.05. The van der Waals surface area contributed by atoms with Gasteiger partial charge in [-0.1, -0.05) is 13.8 Å². The molecule has 0 bridgehead atoms. The highest BCUT2D eigenvalue weighted by molar-refractivity contribution is 9.10. The maximum atomic E-state index is 13.4. The molecule has 0 radical (unpaired) electrons. The highest BCUT2D eigenvalue weighted by Crippen LogP contribution is 2.20. The smallest absolute Gasteiger partial charge is 0.159 e. The number of rotatable bonds is 2. The van der Waals surface area contributed by atoms with Crippen LogP contribution in [0.5, 0.6) is 0 Å². The molecule has 0 spiro atoms. The molecule has 0 unspecified atom stereocenters. The molecule has 84 valence electrons. The van der Waals surface area contributed by atoms with Crippen LogP contribution in [0.15, 0.2) is 22.7 Å². The molecule has 1 heterocycles. The van der Waals surface area contributed by atoms with E-state index in [1.165, 1.54) is 6.07 Å². The Kier molecular flexibility index (Phi) is 3.00. The van der Waals surface area contributed by atoms with E-state index < -0.39 is 0 Å². The summed E-state index contributed by atoms with van der Waals surface area (Å²) in [5, 5.41) is 11.4. The average Bonchev–Trinajstić information content (AvgIpc) is 2.71. The summed E-state index contributed by atoms with van der Waals surface area (Å²) in [4.78, 5) is 0. The van der Waals surface area contributed by atoms with Crippen LogP contribution in [0, 0.1) is 5.82 Å². The van der Waals surface area contributed by atoms with Crippen LogP contribution in [-0.4, -0.2) is 20.2 Å². The maximum Gasteiger partial charge on any atom is 0.159 e. The topological polar surface area (TPSA) is 43.6 Å². The van der Waals surface area contributed by atoms with Gasteiger partial charge in [0.2, 0.25) is 0 Å². The molecule has 0 aliphatic rings. The number of hydrogen-bond donors (Lipinski definition) is 0. The third-order valence-corrected chi connectivity index (χ3v) is 2.80. The normalized spacial score (nSPS) is 11.1. The van der Waals surface area contributed by atoms with Gasteiger partial charge in [-0.25, -0.2) is 4.39 Å². The molecular weight excluding hydrogens is 275 g/mol. The van der Waals surface area contributed by atoms with Gasteiger partial charge in [0.1, 0.15) is 5.82 Å². The van der Waals surface area contributed by atoms with Crippen LogP contribution >= 0.6 is 15.9 Å². The first-order chi connectivity index (χ1) is 7.59. The van der Waals surface area contributed by atoms with Crippen LogP contribution in [-0.2, 0) is 0 Å². The zero-order chi connectivity index (χ0) is 11.7. The number of aromatic nitrogens is 4. The molecule has 16 heavy (non-hydrogen) atoms. The first-order valence-electron chi connectivity index (χ1n) is 4.83. The van der Waals surface area contributed by atoms with Crippen molar-refractivity contribution < 1.29 is 4.39 Å². The average molecular weight is 285 g/mol. The summed E-state index contributed by atoms with van der Waals surface area (Å²) >= 11 is 3.10. The van der Waals surface area contributed by atoms with E-state index in [-0.39, 0.29) is 11.7 Å². The van der Waals surface area contributed by atoms with Gasteiger partial charge in [0.15, 0.2) is 5.82 Å². The van der Waals surface area contributed by atoms with E-state index >= 15 is 0 Å². The van der Waals surface area contributed by atoms with Crippen LogP contribution in [0.3, 0.4) is 0 Å². The molecule has 2 rings (SSSR count). The minimum Gasteiger partial charge on any atom is -0.206 e. The first kappa shape index (κ1) is 11.2. The van der Waals surface area contributed by atoms with Crippen molar-refractivity contribution in [3.05, 3.63) is 34.3 Å². The predicted octanol–water partition coefficient (Wildman–Crippen LogP) is 2.69. The summed E-state index contributed by atoms with van der Waals surface area (Å²) in [5.74, 6) is 0.561. The zero-order valence-corrected chi connectivity index (χ0v) is 10.4. The van der Waals surface area contributed by atoms with Crippen molar-refractivity contribution in [3.8, 4) is 5.69 Å². The van der Waals surface area contributed by atoms with E-state index in [0.29, 0.717) is 16.0 Å². The van der Waals surface area contributed by atoms with Gasteiger partial charge in [0, 0.05) is 12.0 Å². The molecule has 0 saturated heterocycles. The number of nitrogens with zero attached hydrogens (tertiary/aromatic N) is 4. The van der Waals surface area contributed by atoms with E-state index in [2.05, 4.69) is 31.5 Å². The Balaban J connectivity index is 2.50. The molecule has 0 saturated carbocycles. The van der Waals surface area contributed by atoms with Gasteiger partial charge >= 0.3 is 0 Å². The van der Waals surface area contributed by atoms with Crippen molar-refractivity contribution in [2.45, 2.75) is 19.8 Å². The fourth-order valence-corrected chi connectivity index (χ4v) is 1.60. The van der Waals surface area contributed by atoms with Crippen LogP contribution in [0.4, 0.5) is 4.39 Å². The summed E-state index contributed by atoms with van der Waals surface area (Å²) in [6, 6.07) is 4.79. The van der Waals surface area contributed by atoms with E-state index in [9.17, 15) is 4.39 Å². The molecule has 0 atom stereocenters. The van der Waals surface area contributed by atoms with Gasteiger partial charge in [-0.15, -0.1) is 5.10 Å². The van der Waals surface area contributed by atoms with Crippen LogP contribution in [0.1, 0.15) is 25.6 Å². The number of tetrazole rings is 1. The Morgan fingerprint density at radius 2 is 2.12 bits per heavy atom. The molecule has 1 aromatic heterocycles. The van der Waals surface area contributed by atoms with Crippen molar-refractivity contribution in [2.75, 3.05) is 0 Å². The van der Waals surface area contributed by atoms with E-state index in [0.717, 1.165) is 0 Å². The third kappa shape index (κ3) is 1.97. The van der Waals surface area contributed by atoms with Crippen molar-refractivity contribution >= 4 is 15.9 Å². The Labute approximate surface area is 101 Å². The van der Waals surface area contributed by atoms with Gasteiger partial charge in [-0.2, -0.15) is 4.68 Å². The molecule has 6 heteroatoms. The molecule has 0 fully saturated rings. The second-order valence-corrected chi connectivity index (χ2v) is 4.56. The summed E-state index contributed by atoms with van der Waals surface area (Å²) < 4.78 is 15.3. The van der Waals surface area contributed by atoms with Gasteiger partial charge in [-0.3, -0.25) is 0 Å². The number of hydrogen-bond acceptors (Lipinski definition) is 3. The molecule has 0 N–H and O–H groups in total. The van der Waals surface area contributed by atoms with Crippen molar-refractivity contribution in [1.29, 1.82) is 0 Å². The quantitative estimate of drug-likeness (QED) is 0.852. The molecule has 0 aliphatic heterocycles. The van der Waals surface area contributed by atoms with Crippen LogP contribution in [0.2, 0.25) is 0 Å². The largest absolute Gasteiger partial charge is 0.206 e. The SMILES string of the molecule is CC(C)c1nnnn1-c1ccc(Br)c(F)c1. The summed E-state index contributed by atoms with van der Waals surface area (Å²) in [6.45, 7) is 3.97.